The highest BCUT2D eigenvalue weighted by molar-refractivity contribution is 7.99. The minimum Gasteiger partial charge on any atom is -0.321 e. The van der Waals surface area contributed by atoms with Gasteiger partial charge in [-0.2, -0.15) is 0 Å². The zero-order valence-electron chi connectivity index (χ0n) is 47.4. The van der Waals surface area contributed by atoms with Gasteiger partial charge in [0.25, 0.3) is 11.8 Å². The first kappa shape index (κ1) is 56.6. The molecule has 0 bridgehead atoms. The van der Waals surface area contributed by atoms with Crippen molar-refractivity contribution in [3.05, 3.63) is 226 Å². The monoisotopic (exact) mass is 1120 g/mol. The molecule has 0 radical (unpaired) electrons. The summed E-state index contributed by atoms with van der Waals surface area (Å²) in [7, 11) is 0. The maximum absolute atomic E-state index is 15.7. The van der Waals surface area contributed by atoms with Gasteiger partial charge in [0.05, 0.1) is 22.5 Å². The number of rotatable bonds is 20. The van der Waals surface area contributed by atoms with Crippen molar-refractivity contribution in [2.75, 3.05) is 10.6 Å². The summed E-state index contributed by atoms with van der Waals surface area (Å²) in [6.45, 7) is 4.56. The van der Waals surface area contributed by atoms with Crippen LogP contribution in [-0.2, 0) is 0 Å². The molecule has 2 saturated carbocycles. The average Bonchev–Trinajstić information content (AvgIpc) is 2.81. The summed E-state index contributed by atoms with van der Waals surface area (Å²) in [5.41, 5.74) is 9.17. The minimum absolute atomic E-state index is 0.112. The standard InChI is InChI=1S/C74H74N2O4S2/c1-3-5-9-15-49-21-25-51(26-22-49)53-29-33-55(34-30-53)57-37-41-61(42-38-57)81-65-47-45-63(75-73(79)59-17-11-7-12-18-59)67-69(65)71(77)68-64(76-74(80)60-19-13-8-14-20-60)46-48-66(70(68)72(67)78)82-62-43-39-58(40-44-62)56-35-31-54(32-36-56)52-27-23-50(24-28-52)16-10-6-4-2/h7-8,11-14,17-20,29-52H,3-6,9-10,15-16,21-28H2,1-2H3,(H,75,79)(H,76,80). The Bertz CT molecular complexity index is 3270. The molecular weight excluding hydrogens is 1040 g/mol. The molecule has 8 aromatic rings. The van der Waals surface area contributed by atoms with Crippen LogP contribution in [0.4, 0.5) is 11.4 Å². The fourth-order valence-corrected chi connectivity index (χ4v) is 14.7. The maximum atomic E-state index is 15.7. The number of nitrogens with one attached hydrogen (secondary N) is 2. The minimum atomic E-state index is -0.422. The molecule has 0 aliphatic heterocycles. The Morgan fingerprint density at radius 3 is 1.07 bits per heavy atom. The molecule has 3 aliphatic carbocycles. The van der Waals surface area contributed by atoms with E-state index < -0.39 is 23.4 Å². The molecule has 0 spiro atoms. The van der Waals surface area contributed by atoms with Crippen LogP contribution in [0.3, 0.4) is 0 Å². The van der Waals surface area contributed by atoms with Crippen LogP contribution in [0, 0.1) is 11.8 Å². The third-order valence-corrected chi connectivity index (χ3v) is 19.7. The van der Waals surface area contributed by atoms with E-state index in [1.54, 1.807) is 60.7 Å². The van der Waals surface area contributed by atoms with E-state index in [0.717, 1.165) is 43.9 Å². The molecule has 2 N–H and O–H groups in total. The highest BCUT2D eigenvalue weighted by Gasteiger charge is 2.39. The second-order valence-electron chi connectivity index (χ2n) is 22.9. The Hall–Kier alpha value is -7.26. The van der Waals surface area contributed by atoms with Gasteiger partial charge in [0, 0.05) is 41.8 Å². The van der Waals surface area contributed by atoms with Crippen molar-refractivity contribution in [3.8, 4) is 22.3 Å². The predicted octanol–water partition coefficient (Wildman–Crippen LogP) is 20.3. The van der Waals surface area contributed by atoms with Crippen LogP contribution in [-0.4, -0.2) is 23.4 Å². The van der Waals surface area contributed by atoms with Crippen molar-refractivity contribution in [2.24, 2.45) is 11.8 Å². The van der Waals surface area contributed by atoms with Crippen LogP contribution >= 0.6 is 23.5 Å². The smallest absolute Gasteiger partial charge is 0.255 e. The summed E-state index contributed by atoms with van der Waals surface area (Å²) < 4.78 is 0. The van der Waals surface area contributed by atoms with Crippen LogP contribution in [0.5, 0.6) is 0 Å². The van der Waals surface area contributed by atoms with Crippen LogP contribution in [0.25, 0.3) is 22.3 Å². The number of ketones is 2. The second-order valence-corrected chi connectivity index (χ2v) is 25.2. The van der Waals surface area contributed by atoms with Crippen molar-refractivity contribution in [1.82, 2.24) is 0 Å². The number of carbonyl (C=O) groups is 4. The van der Waals surface area contributed by atoms with Crippen LogP contribution in [0.15, 0.2) is 202 Å². The number of unbranched alkanes of at least 4 members (excludes halogenated alkanes) is 4. The molecular formula is C74H74N2O4S2. The lowest BCUT2D eigenvalue weighted by atomic mass is 9.77. The summed E-state index contributed by atoms with van der Waals surface area (Å²) >= 11 is 2.79. The third kappa shape index (κ3) is 13.1. The van der Waals surface area contributed by atoms with Crippen molar-refractivity contribution in [2.45, 2.75) is 148 Å². The largest absolute Gasteiger partial charge is 0.321 e. The van der Waals surface area contributed by atoms with Gasteiger partial charge in [-0.25, -0.2) is 0 Å². The van der Waals surface area contributed by atoms with Gasteiger partial charge in [-0.05, 0) is 181 Å². The highest BCUT2D eigenvalue weighted by Crippen LogP contribution is 2.47. The zero-order valence-corrected chi connectivity index (χ0v) is 49.0. The molecule has 0 aromatic heterocycles. The quantitative estimate of drug-likeness (QED) is 0.0739. The first-order valence-corrected chi connectivity index (χ1v) is 31.8. The first-order valence-electron chi connectivity index (χ1n) is 30.1. The lowest BCUT2D eigenvalue weighted by Gasteiger charge is -2.29. The summed E-state index contributed by atoms with van der Waals surface area (Å²) in [6.07, 6.45) is 21.1. The van der Waals surface area contributed by atoms with Crippen LogP contribution in [0.2, 0.25) is 0 Å². The van der Waals surface area contributed by atoms with Gasteiger partial charge >= 0.3 is 0 Å². The van der Waals surface area contributed by atoms with Gasteiger partial charge in [0.1, 0.15) is 0 Å². The summed E-state index contributed by atoms with van der Waals surface area (Å²) in [5.74, 6) is 1.34. The normalized spacial score (nSPS) is 17.6. The lowest BCUT2D eigenvalue weighted by Crippen LogP contribution is -2.27. The van der Waals surface area contributed by atoms with Crippen LogP contribution < -0.4 is 10.6 Å². The van der Waals surface area contributed by atoms with Crippen molar-refractivity contribution < 1.29 is 19.2 Å². The predicted molar refractivity (Wildman–Crippen MR) is 338 cm³/mol. The molecule has 2 fully saturated rings. The van der Waals surface area contributed by atoms with Gasteiger partial charge < -0.3 is 10.6 Å². The highest BCUT2D eigenvalue weighted by atomic mass is 32.2. The van der Waals surface area contributed by atoms with Gasteiger partial charge in [-0.15, -0.1) is 0 Å². The number of fused-ring (bicyclic) bond motifs is 2. The molecule has 82 heavy (non-hydrogen) atoms. The summed E-state index contributed by atoms with van der Waals surface area (Å²) in [4.78, 5) is 62.2. The number of anilines is 2. The van der Waals surface area contributed by atoms with E-state index in [4.69, 9.17) is 0 Å². The fourth-order valence-electron chi connectivity index (χ4n) is 12.8. The second kappa shape index (κ2) is 26.8. The summed E-state index contributed by atoms with van der Waals surface area (Å²) in [5, 5.41) is 6.03. The molecule has 8 aromatic carbocycles. The molecule has 6 nitrogen and oxygen atoms in total. The number of hydrogen-bond donors (Lipinski definition) is 2. The van der Waals surface area contributed by atoms with Crippen molar-refractivity contribution in [1.29, 1.82) is 0 Å². The van der Waals surface area contributed by atoms with E-state index in [9.17, 15) is 9.59 Å². The Morgan fingerprint density at radius 2 is 0.732 bits per heavy atom. The molecule has 0 atom stereocenters. The summed E-state index contributed by atoms with van der Waals surface area (Å²) in [6, 6.07) is 59.5. The SMILES string of the molecule is CCCCCC1CCC(c2ccc(-c3ccc(Sc4ccc(NC(=O)c5ccccc5)c5c4C(=O)c4c(NC(=O)c6ccccc6)ccc(Sc6ccc(-c7ccc(C8CCC(CCCCC)CC8)cc7)cc6)c4C5=O)cc3)cc2)CC1. The Kier molecular flexibility index (Phi) is 18.5. The van der Waals surface area contributed by atoms with E-state index >= 15 is 9.59 Å². The number of carbonyl (C=O) groups excluding carboxylic acids is 4. The first-order chi connectivity index (χ1) is 40.2. The molecule has 3 aliphatic rings. The molecule has 0 heterocycles. The lowest BCUT2D eigenvalue weighted by molar-refractivity contribution is 0.0973. The number of amides is 2. The zero-order chi connectivity index (χ0) is 56.4. The topological polar surface area (TPSA) is 92.3 Å². The molecule has 8 heteroatoms. The number of benzene rings is 8. The fraction of sp³-hybridized carbons (Fsp3) is 0.297. The van der Waals surface area contributed by atoms with E-state index in [2.05, 4.69) is 122 Å². The molecule has 11 rings (SSSR count). The Morgan fingerprint density at radius 1 is 0.390 bits per heavy atom. The molecule has 0 saturated heterocycles. The molecule has 416 valence electrons. The molecule has 0 unspecified atom stereocenters. The van der Waals surface area contributed by atoms with Gasteiger partial charge in [-0.1, -0.05) is 198 Å². The van der Waals surface area contributed by atoms with Gasteiger partial charge in [0.2, 0.25) is 0 Å². The van der Waals surface area contributed by atoms with E-state index in [1.165, 1.54) is 137 Å². The van der Waals surface area contributed by atoms with E-state index in [1.807, 2.05) is 24.3 Å². The van der Waals surface area contributed by atoms with Gasteiger partial charge in [-0.3, -0.25) is 19.2 Å². The van der Waals surface area contributed by atoms with E-state index in [-0.39, 0.29) is 33.6 Å². The van der Waals surface area contributed by atoms with Crippen LogP contribution in [0.1, 0.15) is 192 Å². The van der Waals surface area contributed by atoms with Gasteiger partial charge in [0.15, 0.2) is 11.6 Å². The average molecular weight is 1120 g/mol. The third-order valence-electron chi connectivity index (χ3n) is 17.5. The molecule has 2 amide bonds. The van der Waals surface area contributed by atoms with E-state index in [0.29, 0.717) is 32.8 Å². The van der Waals surface area contributed by atoms with Crippen molar-refractivity contribution in [3.63, 3.8) is 0 Å². The number of hydrogen-bond acceptors (Lipinski definition) is 6. The Labute approximate surface area is 493 Å². The maximum Gasteiger partial charge on any atom is 0.255 e. The Balaban J connectivity index is 0.877. The van der Waals surface area contributed by atoms with Crippen molar-refractivity contribution >= 4 is 58.3 Å².